The molecule has 0 unspecified atom stereocenters. The second-order valence-corrected chi connectivity index (χ2v) is 5.50. The van der Waals surface area contributed by atoms with Crippen LogP contribution in [0.25, 0.3) is 0 Å². The van der Waals surface area contributed by atoms with E-state index in [9.17, 15) is 4.79 Å². The number of rotatable bonds is 4. The molecular weight excluding hydrogens is 258 g/mol. The first-order chi connectivity index (χ1) is 9.04. The Morgan fingerprint density at radius 2 is 2.16 bits per heavy atom. The Hall–Kier alpha value is -1.75. The van der Waals surface area contributed by atoms with E-state index in [1.807, 2.05) is 7.05 Å². The average molecular weight is 275 g/mol. The number of carbonyl (C=O) groups is 1. The summed E-state index contributed by atoms with van der Waals surface area (Å²) in [6, 6.07) is 8.04. The van der Waals surface area contributed by atoms with Gasteiger partial charge in [-0.1, -0.05) is 17.7 Å². The van der Waals surface area contributed by atoms with Crippen LogP contribution < -0.4 is 5.32 Å². The topological polar surface area (TPSA) is 46.9 Å². The van der Waals surface area contributed by atoms with Crippen LogP contribution in [0.1, 0.15) is 11.1 Å². The molecule has 2 aromatic rings. The summed E-state index contributed by atoms with van der Waals surface area (Å²) < 4.78 is 1.66. The monoisotopic (exact) mass is 275 g/mol. The third-order valence-corrected chi connectivity index (χ3v) is 3.84. The molecule has 0 fully saturated rings. The number of aromatic nitrogens is 2. The van der Waals surface area contributed by atoms with Crippen molar-refractivity contribution in [2.75, 3.05) is 11.1 Å². The Bertz CT molecular complexity index is 592. The maximum Gasteiger partial charge on any atom is 0.235 e. The highest BCUT2D eigenvalue weighted by Gasteiger charge is 2.07. The average Bonchev–Trinajstić information content (AvgIpc) is 2.76. The predicted octanol–water partition coefficient (Wildman–Crippen LogP) is 2.77. The van der Waals surface area contributed by atoms with Crippen molar-refractivity contribution < 1.29 is 4.79 Å². The largest absolute Gasteiger partial charge is 0.308 e. The molecule has 1 aromatic carbocycles. The summed E-state index contributed by atoms with van der Waals surface area (Å²) in [4.78, 5) is 13.0. The van der Waals surface area contributed by atoms with Crippen molar-refractivity contribution in [3.63, 3.8) is 0 Å². The van der Waals surface area contributed by atoms with Gasteiger partial charge >= 0.3 is 0 Å². The van der Waals surface area contributed by atoms with Gasteiger partial charge in [-0.3, -0.25) is 9.48 Å². The molecule has 1 heterocycles. The number of carbonyl (C=O) groups excluding carboxylic acids is 1. The molecule has 0 spiro atoms. The highest BCUT2D eigenvalue weighted by molar-refractivity contribution is 8.00. The third-order valence-electron chi connectivity index (χ3n) is 2.68. The lowest BCUT2D eigenvalue weighted by Gasteiger charge is -2.06. The number of benzene rings is 1. The van der Waals surface area contributed by atoms with Gasteiger partial charge in [0.1, 0.15) is 0 Å². The Morgan fingerprint density at radius 1 is 1.37 bits per heavy atom. The van der Waals surface area contributed by atoms with E-state index in [1.54, 1.807) is 28.7 Å². The summed E-state index contributed by atoms with van der Waals surface area (Å²) in [6.45, 7) is 4.11. The zero-order valence-electron chi connectivity index (χ0n) is 11.3. The fourth-order valence-electron chi connectivity index (χ4n) is 1.67. The van der Waals surface area contributed by atoms with Crippen LogP contribution in [0, 0.1) is 13.8 Å². The van der Waals surface area contributed by atoms with Crippen LogP contribution in [0.15, 0.2) is 35.4 Å². The van der Waals surface area contributed by atoms with Gasteiger partial charge < -0.3 is 5.32 Å². The number of nitrogens with one attached hydrogen (secondary N) is 1. The number of hydrogen-bond acceptors (Lipinski definition) is 3. The van der Waals surface area contributed by atoms with E-state index < -0.39 is 0 Å². The van der Waals surface area contributed by atoms with E-state index in [0.717, 1.165) is 4.90 Å². The molecule has 0 atom stereocenters. The molecule has 19 heavy (non-hydrogen) atoms. The van der Waals surface area contributed by atoms with Gasteiger partial charge in [0.05, 0.1) is 5.75 Å². The minimum absolute atomic E-state index is 0.0374. The van der Waals surface area contributed by atoms with Gasteiger partial charge in [0.15, 0.2) is 5.82 Å². The molecule has 0 radical (unpaired) electrons. The fourth-order valence-corrected chi connectivity index (χ4v) is 2.59. The molecule has 100 valence electrons. The van der Waals surface area contributed by atoms with Crippen LogP contribution in [-0.2, 0) is 11.8 Å². The molecule has 4 nitrogen and oxygen atoms in total. The third kappa shape index (κ3) is 3.86. The van der Waals surface area contributed by atoms with Crippen molar-refractivity contribution in [2.45, 2.75) is 18.7 Å². The lowest BCUT2D eigenvalue weighted by Crippen LogP contribution is -2.14. The molecular formula is C14H17N3OS. The molecule has 5 heteroatoms. The molecule has 0 aliphatic heterocycles. The smallest absolute Gasteiger partial charge is 0.235 e. The molecule has 0 aliphatic carbocycles. The maximum atomic E-state index is 11.8. The van der Waals surface area contributed by atoms with Gasteiger partial charge in [0, 0.05) is 24.2 Å². The van der Waals surface area contributed by atoms with Crippen LogP contribution in [0.5, 0.6) is 0 Å². The van der Waals surface area contributed by atoms with Crippen molar-refractivity contribution in [3.05, 3.63) is 41.6 Å². The molecule has 1 N–H and O–H groups in total. The maximum absolute atomic E-state index is 11.8. The van der Waals surface area contributed by atoms with Gasteiger partial charge in [-0.05, 0) is 25.5 Å². The van der Waals surface area contributed by atoms with Crippen molar-refractivity contribution >= 4 is 23.5 Å². The highest BCUT2D eigenvalue weighted by Crippen LogP contribution is 2.23. The fraction of sp³-hybridized carbons (Fsp3) is 0.286. The Balaban J connectivity index is 1.91. The van der Waals surface area contributed by atoms with Gasteiger partial charge in [-0.2, -0.15) is 5.10 Å². The highest BCUT2D eigenvalue weighted by atomic mass is 32.2. The van der Waals surface area contributed by atoms with Crippen molar-refractivity contribution in [1.82, 2.24) is 9.78 Å². The van der Waals surface area contributed by atoms with Crippen LogP contribution >= 0.6 is 11.8 Å². The summed E-state index contributed by atoms with van der Waals surface area (Å²) >= 11 is 1.55. The SMILES string of the molecule is Cc1ccc(C)c(SCC(=O)Nc2ccn(C)n2)c1. The van der Waals surface area contributed by atoms with Crippen LogP contribution in [0.3, 0.4) is 0 Å². The van der Waals surface area contributed by atoms with Crippen LogP contribution in [0.2, 0.25) is 0 Å². The quantitative estimate of drug-likeness (QED) is 0.873. The Kier molecular flexibility index (Phi) is 4.27. The first kappa shape index (κ1) is 13.7. The summed E-state index contributed by atoms with van der Waals surface area (Å²) in [7, 11) is 1.82. The molecule has 0 saturated carbocycles. The summed E-state index contributed by atoms with van der Waals surface area (Å²) in [5, 5.41) is 6.89. The van der Waals surface area contributed by atoms with E-state index in [-0.39, 0.29) is 5.91 Å². The van der Waals surface area contributed by atoms with Crippen molar-refractivity contribution in [3.8, 4) is 0 Å². The van der Waals surface area contributed by atoms with E-state index in [1.165, 1.54) is 11.1 Å². The van der Waals surface area contributed by atoms with Crippen LogP contribution in [0.4, 0.5) is 5.82 Å². The standard InChI is InChI=1S/C14H17N3OS/c1-10-4-5-11(2)12(8-10)19-9-14(18)15-13-6-7-17(3)16-13/h4-8H,9H2,1-3H3,(H,15,16,18). The van der Waals surface area contributed by atoms with Gasteiger partial charge in [-0.25, -0.2) is 0 Å². The van der Waals surface area contributed by atoms with Crippen LogP contribution in [-0.4, -0.2) is 21.4 Å². The number of nitrogens with zero attached hydrogens (tertiary/aromatic N) is 2. The minimum atomic E-state index is -0.0374. The minimum Gasteiger partial charge on any atom is -0.308 e. The van der Waals surface area contributed by atoms with Crippen molar-refractivity contribution in [1.29, 1.82) is 0 Å². The molecule has 1 aromatic heterocycles. The second-order valence-electron chi connectivity index (χ2n) is 4.48. The van der Waals surface area contributed by atoms with Gasteiger partial charge in [-0.15, -0.1) is 11.8 Å². The molecule has 0 saturated heterocycles. The summed E-state index contributed by atoms with van der Waals surface area (Å²) in [6.07, 6.45) is 1.80. The number of aryl methyl sites for hydroxylation is 3. The number of anilines is 1. The van der Waals surface area contributed by atoms with E-state index in [2.05, 4.69) is 42.5 Å². The number of amides is 1. The molecule has 0 aliphatic rings. The molecule has 0 bridgehead atoms. The lowest BCUT2D eigenvalue weighted by atomic mass is 10.2. The molecule has 1 amide bonds. The first-order valence-electron chi connectivity index (χ1n) is 6.04. The van der Waals surface area contributed by atoms with E-state index in [0.29, 0.717) is 11.6 Å². The van der Waals surface area contributed by atoms with E-state index >= 15 is 0 Å². The number of hydrogen-bond donors (Lipinski definition) is 1. The predicted molar refractivity (Wildman–Crippen MR) is 78.5 cm³/mol. The first-order valence-corrected chi connectivity index (χ1v) is 7.03. The van der Waals surface area contributed by atoms with Gasteiger partial charge in [0.2, 0.25) is 5.91 Å². The number of thioether (sulfide) groups is 1. The zero-order valence-corrected chi connectivity index (χ0v) is 12.1. The normalized spacial score (nSPS) is 10.5. The Labute approximate surface area is 117 Å². The van der Waals surface area contributed by atoms with E-state index in [4.69, 9.17) is 0 Å². The summed E-state index contributed by atoms with van der Waals surface area (Å²) in [5.41, 5.74) is 2.40. The second kappa shape index (κ2) is 5.93. The zero-order chi connectivity index (χ0) is 13.8. The Morgan fingerprint density at radius 3 is 2.84 bits per heavy atom. The van der Waals surface area contributed by atoms with Gasteiger partial charge in [0.25, 0.3) is 0 Å². The van der Waals surface area contributed by atoms with Crippen molar-refractivity contribution in [2.24, 2.45) is 7.05 Å². The lowest BCUT2D eigenvalue weighted by molar-refractivity contribution is -0.113. The summed E-state index contributed by atoms with van der Waals surface area (Å²) in [5.74, 6) is 0.944. The molecule has 2 rings (SSSR count).